The van der Waals surface area contributed by atoms with E-state index in [4.69, 9.17) is 4.74 Å². The van der Waals surface area contributed by atoms with Crippen molar-refractivity contribution in [1.82, 2.24) is 19.8 Å². The van der Waals surface area contributed by atoms with Crippen LogP contribution in [-0.4, -0.2) is 87.6 Å². The number of fused-ring (bicyclic) bond motifs is 1. The van der Waals surface area contributed by atoms with Crippen molar-refractivity contribution in [2.75, 3.05) is 33.4 Å². The van der Waals surface area contributed by atoms with Crippen LogP contribution in [0.5, 0.6) is 0 Å². The Morgan fingerprint density at radius 3 is 2.76 bits per heavy atom. The maximum absolute atomic E-state index is 13.2. The Morgan fingerprint density at radius 2 is 2.03 bits per heavy atom. The molecule has 1 aromatic rings. The van der Waals surface area contributed by atoms with Gasteiger partial charge in [0.2, 0.25) is 21.8 Å². The summed E-state index contributed by atoms with van der Waals surface area (Å²) in [7, 11) is -2.20. The van der Waals surface area contributed by atoms with Crippen LogP contribution in [-0.2, 0) is 24.3 Å². The summed E-state index contributed by atoms with van der Waals surface area (Å²) in [6.45, 7) is 2.10. The fraction of sp³-hybridized carbons (Fsp3) is 0.636. The molecule has 2 N–H and O–H groups in total. The van der Waals surface area contributed by atoms with Crippen LogP contribution in [0, 0.1) is 5.82 Å². The van der Waals surface area contributed by atoms with Crippen LogP contribution in [0.3, 0.4) is 0 Å². The number of nitrogens with one attached hydrogen (secondary N) is 2. The molecule has 3 aliphatic rings. The molecule has 3 aliphatic heterocycles. The lowest BCUT2D eigenvalue weighted by atomic mass is 10.0. The lowest BCUT2D eigenvalue weighted by Crippen LogP contribution is -2.58. The number of hydrogen-bond donors (Lipinski definition) is 2. The van der Waals surface area contributed by atoms with Crippen molar-refractivity contribution in [2.24, 2.45) is 0 Å². The zero-order valence-electron chi connectivity index (χ0n) is 18.7. The maximum atomic E-state index is 13.2. The van der Waals surface area contributed by atoms with Crippen molar-refractivity contribution in [2.45, 2.75) is 61.2 Å². The summed E-state index contributed by atoms with van der Waals surface area (Å²) in [5, 5.41) is 2.90. The van der Waals surface area contributed by atoms with E-state index in [9.17, 15) is 22.4 Å². The van der Waals surface area contributed by atoms with Gasteiger partial charge in [-0.2, -0.15) is 0 Å². The predicted molar refractivity (Wildman–Crippen MR) is 118 cm³/mol. The second-order valence-corrected chi connectivity index (χ2v) is 10.7. The number of methoxy groups -OCH3 is 1. The largest absolute Gasteiger partial charge is 0.383 e. The summed E-state index contributed by atoms with van der Waals surface area (Å²) < 4.78 is 46.4. The summed E-state index contributed by atoms with van der Waals surface area (Å²) in [5.74, 6) is -0.542. The molecule has 0 spiro atoms. The molecular formula is C22H31FN4O5S. The fourth-order valence-corrected chi connectivity index (χ4v) is 6.43. The molecule has 0 aromatic heterocycles. The van der Waals surface area contributed by atoms with Crippen molar-refractivity contribution in [3.8, 4) is 0 Å². The molecule has 2 amide bonds. The van der Waals surface area contributed by atoms with Gasteiger partial charge in [0.25, 0.3) is 0 Å². The highest BCUT2D eigenvalue weighted by Gasteiger charge is 2.44. The van der Waals surface area contributed by atoms with Gasteiger partial charge in [0.15, 0.2) is 0 Å². The summed E-state index contributed by atoms with van der Waals surface area (Å²) >= 11 is 0. The SMILES string of the molecule is COC[C@@H]1CCCN1C(=O)CC[C@@H]1CNC(=O)[C@@H]2C[C@H](NS(=O)(=O)c3ccc(F)cc3)CN12. The number of piperazine rings is 1. The Kier molecular flexibility index (Phi) is 7.32. The molecule has 0 bridgehead atoms. The van der Waals surface area contributed by atoms with E-state index < -0.39 is 27.9 Å². The Bertz CT molecular complexity index is 974. The molecule has 9 nitrogen and oxygen atoms in total. The van der Waals surface area contributed by atoms with Crippen molar-refractivity contribution >= 4 is 21.8 Å². The Labute approximate surface area is 193 Å². The van der Waals surface area contributed by atoms with Gasteiger partial charge in [-0.25, -0.2) is 17.5 Å². The minimum absolute atomic E-state index is 0.0170. The van der Waals surface area contributed by atoms with Gasteiger partial charge in [-0.3, -0.25) is 14.5 Å². The molecule has 3 fully saturated rings. The van der Waals surface area contributed by atoms with Gasteiger partial charge in [-0.05, 0) is 49.9 Å². The first-order chi connectivity index (χ1) is 15.8. The van der Waals surface area contributed by atoms with Gasteiger partial charge in [0, 0.05) is 45.2 Å². The number of ether oxygens (including phenoxy) is 1. The Morgan fingerprint density at radius 1 is 1.27 bits per heavy atom. The molecular weight excluding hydrogens is 451 g/mol. The fourth-order valence-electron chi connectivity index (χ4n) is 5.19. The summed E-state index contributed by atoms with van der Waals surface area (Å²) in [6.07, 6.45) is 3.23. The first kappa shape index (κ1) is 24.1. The number of amides is 2. The van der Waals surface area contributed by atoms with Crippen molar-refractivity contribution in [3.63, 3.8) is 0 Å². The molecule has 4 rings (SSSR count). The monoisotopic (exact) mass is 482 g/mol. The van der Waals surface area contributed by atoms with Crippen molar-refractivity contribution in [3.05, 3.63) is 30.1 Å². The number of likely N-dealkylation sites (tertiary alicyclic amines) is 1. The number of rotatable bonds is 8. The minimum Gasteiger partial charge on any atom is -0.383 e. The van der Waals surface area contributed by atoms with Crippen LogP contribution < -0.4 is 10.0 Å². The first-order valence-electron chi connectivity index (χ1n) is 11.4. The van der Waals surface area contributed by atoms with E-state index >= 15 is 0 Å². The summed E-state index contributed by atoms with van der Waals surface area (Å²) in [4.78, 5) is 29.1. The van der Waals surface area contributed by atoms with Gasteiger partial charge in [-0.1, -0.05) is 0 Å². The van der Waals surface area contributed by atoms with E-state index in [-0.39, 0.29) is 28.8 Å². The molecule has 0 unspecified atom stereocenters. The average molecular weight is 483 g/mol. The molecule has 11 heteroatoms. The smallest absolute Gasteiger partial charge is 0.240 e. The molecule has 0 radical (unpaired) electrons. The molecule has 0 saturated carbocycles. The van der Waals surface area contributed by atoms with Crippen LogP contribution in [0.25, 0.3) is 0 Å². The minimum atomic E-state index is -3.83. The summed E-state index contributed by atoms with van der Waals surface area (Å²) in [6, 6.07) is 3.84. The number of nitrogens with zero attached hydrogens (tertiary/aromatic N) is 2. The zero-order valence-corrected chi connectivity index (χ0v) is 19.5. The summed E-state index contributed by atoms with van der Waals surface area (Å²) in [5.41, 5.74) is 0. The highest BCUT2D eigenvalue weighted by molar-refractivity contribution is 7.89. The van der Waals surface area contributed by atoms with Crippen molar-refractivity contribution in [1.29, 1.82) is 0 Å². The molecule has 33 heavy (non-hydrogen) atoms. The molecule has 4 atom stereocenters. The highest BCUT2D eigenvalue weighted by Crippen LogP contribution is 2.28. The van der Waals surface area contributed by atoms with Crippen LogP contribution in [0.2, 0.25) is 0 Å². The van der Waals surface area contributed by atoms with E-state index in [0.29, 0.717) is 39.0 Å². The van der Waals surface area contributed by atoms with Crippen LogP contribution >= 0.6 is 0 Å². The molecule has 0 aliphatic carbocycles. The third-order valence-electron chi connectivity index (χ3n) is 6.82. The molecule has 3 heterocycles. The number of hydrogen-bond acceptors (Lipinski definition) is 6. The van der Waals surface area contributed by atoms with Gasteiger partial charge in [-0.15, -0.1) is 0 Å². The predicted octanol–water partition coefficient (Wildman–Crippen LogP) is 0.463. The Balaban J connectivity index is 1.37. The van der Waals surface area contributed by atoms with E-state index in [2.05, 4.69) is 10.0 Å². The number of carbonyl (C=O) groups excluding carboxylic acids is 2. The zero-order chi connectivity index (χ0) is 23.6. The van der Waals surface area contributed by atoms with E-state index in [1.165, 1.54) is 12.1 Å². The number of halogens is 1. The van der Waals surface area contributed by atoms with Gasteiger partial charge < -0.3 is 15.0 Å². The Hall–Kier alpha value is -2.08. The van der Waals surface area contributed by atoms with Gasteiger partial charge in [0.05, 0.1) is 23.6 Å². The third kappa shape index (κ3) is 5.37. The quantitative estimate of drug-likeness (QED) is 0.558. The lowest BCUT2D eigenvalue weighted by molar-refractivity contribution is -0.133. The van der Waals surface area contributed by atoms with Crippen LogP contribution in [0.4, 0.5) is 4.39 Å². The normalized spacial score (nSPS) is 28.1. The molecule has 1 aromatic carbocycles. The highest BCUT2D eigenvalue weighted by atomic mass is 32.2. The molecule has 182 valence electrons. The van der Waals surface area contributed by atoms with E-state index in [0.717, 1.165) is 31.5 Å². The van der Waals surface area contributed by atoms with Gasteiger partial charge >= 0.3 is 0 Å². The van der Waals surface area contributed by atoms with Crippen LogP contribution in [0.15, 0.2) is 29.2 Å². The number of benzene rings is 1. The third-order valence-corrected chi connectivity index (χ3v) is 8.35. The van der Waals surface area contributed by atoms with E-state index in [1.54, 1.807) is 7.11 Å². The maximum Gasteiger partial charge on any atom is 0.240 e. The number of carbonyl (C=O) groups is 2. The number of sulfonamides is 1. The second-order valence-electron chi connectivity index (χ2n) is 9.00. The second kappa shape index (κ2) is 10.0. The topological polar surface area (TPSA) is 108 Å². The first-order valence-corrected chi connectivity index (χ1v) is 12.9. The van der Waals surface area contributed by atoms with Crippen molar-refractivity contribution < 1.29 is 27.1 Å². The van der Waals surface area contributed by atoms with Gasteiger partial charge in [0.1, 0.15) is 5.82 Å². The average Bonchev–Trinajstić information content (AvgIpc) is 3.41. The van der Waals surface area contributed by atoms with Crippen LogP contribution in [0.1, 0.15) is 32.1 Å². The lowest BCUT2D eigenvalue weighted by Gasteiger charge is -2.37. The standard InChI is InChI=1S/C22H31FN4O5S/c1-32-14-18-3-2-10-26(18)21(28)9-6-17-12-24-22(29)20-11-16(13-27(17)20)25-33(30,31)19-7-4-15(23)5-8-19/h4-5,7-8,16-18,20,25H,2-3,6,9-14H2,1H3,(H,24,29)/t16-,17+,18-,20-/m0/s1. The molecule has 3 saturated heterocycles. The van der Waals surface area contributed by atoms with E-state index in [1.807, 2.05) is 9.80 Å².